The maximum absolute atomic E-state index is 10.7. The molecule has 0 heterocycles. The fourth-order valence-corrected chi connectivity index (χ4v) is 2.80. The van der Waals surface area contributed by atoms with Crippen LogP contribution >= 0.6 is 0 Å². The molecule has 0 radical (unpaired) electrons. The summed E-state index contributed by atoms with van der Waals surface area (Å²) in [5.74, 6) is 0.954. The molecular formula is C21H27NO4. The van der Waals surface area contributed by atoms with Crippen LogP contribution in [0.5, 0.6) is 11.5 Å². The van der Waals surface area contributed by atoms with Gasteiger partial charge in [0.25, 0.3) is 0 Å². The predicted molar refractivity (Wildman–Crippen MR) is 102 cm³/mol. The van der Waals surface area contributed by atoms with E-state index in [0.717, 1.165) is 37.6 Å². The van der Waals surface area contributed by atoms with Gasteiger partial charge in [0.1, 0.15) is 11.5 Å². The molecular weight excluding hydrogens is 330 g/mol. The van der Waals surface area contributed by atoms with Crippen LogP contribution in [-0.4, -0.2) is 36.7 Å². The monoisotopic (exact) mass is 357 g/mol. The number of benzene rings is 2. The number of carbonyl (C=O) groups is 1. The lowest BCUT2D eigenvalue weighted by molar-refractivity contribution is -0.137. The number of carboxylic acids is 1. The fourth-order valence-electron chi connectivity index (χ4n) is 2.80. The zero-order valence-electron chi connectivity index (χ0n) is 15.5. The van der Waals surface area contributed by atoms with Crippen molar-refractivity contribution in [1.82, 2.24) is 4.90 Å². The van der Waals surface area contributed by atoms with Crippen molar-refractivity contribution in [2.45, 2.75) is 32.4 Å². The van der Waals surface area contributed by atoms with Gasteiger partial charge >= 0.3 is 5.97 Å². The summed E-state index contributed by atoms with van der Waals surface area (Å²) < 4.78 is 10.4. The summed E-state index contributed by atoms with van der Waals surface area (Å²) in [6.07, 6.45) is 1.77. The van der Waals surface area contributed by atoms with Crippen molar-refractivity contribution >= 4 is 5.97 Å². The van der Waals surface area contributed by atoms with Crippen molar-refractivity contribution in [2.75, 3.05) is 20.8 Å². The average Bonchev–Trinajstić information content (AvgIpc) is 2.66. The molecule has 1 N–H and O–H groups in total. The van der Waals surface area contributed by atoms with Gasteiger partial charge in [-0.1, -0.05) is 24.3 Å². The van der Waals surface area contributed by atoms with E-state index in [2.05, 4.69) is 29.2 Å². The molecule has 0 saturated heterocycles. The summed E-state index contributed by atoms with van der Waals surface area (Å²) in [6, 6.07) is 16.1. The van der Waals surface area contributed by atoms with Crippen LogP contribution in [0.15, 0.2) is 48.5 Å². The van der Waals surface area contributed by atoms with Crippen LogP contribution in [0.1, 0.15) is 30.4 Å². The van der Waals surface area contributed by atoms with Gasteiger partial charge in [0.05, 0.1) is 14.2 Å². The summed E-state index contributed by atoms with van der Waals surface area (Å²) in [5.41, 5.74) is 2.41. The number of hydrogen-bond donors (Lipinski definition) is 1. The highest BCUT2D eigenvalue weighted by atomic mass is 16.5. The van der Waals surface area contributed by atoms with Gasteiger partial charge in [0.15, 0.2) is 0 Å². The fraction of sp³-hybridized carbons (Fsp3) is 0.381. The molecule has 5 nitrogen and oxygen atoms in total. The Morgan fingerprint density at radius 2 is 1.31 bits per heavy atom. The van der Waals surface area contributed by atoms with E-state index in [1.54, 1.807) is 14.2 Å². The molecule has 0 bridgehead atoms. The standard InChI is InChI=1S/C21H27NO4/c1-25-19-10-6-17(7-11-19)15-22(14-4-3-5-21(23)24)16-18-8-12-20(26-2)13-9-18/h6-13H,3-5,14-16H2,1-2H3,(H,23,24). The van der Waals surface area contributed by atoms with Gasteiger partial charge in [-0.2, -0.15) is 0 Å². The Bertz CT molecular complexity index is 618. The lowest BCUT2D eigenvalue weighted by Crippen LogP contribution is -2.24. The highest BCUT2D eigenvalue weighted by Gasteiger charge is 2.09. The van der Waals surface area contributed by atoms with Gasteiger partial charge in [-0.3, -0.25) is 9.69 Å². The summed E-state index contributed by atoms with van der Waals surface area (Å²) in [7, 11) is 3.32. The summed E-state index contributed by atoms with van der Waals surface area (Å²) in [5, 5.41) is 8.81. The third-order valence-electron chi connectivity index (χ3n) is 4.25. The van der Waals surface area contributed by atoms with Crippen LogP contribution in [0.4, 0.5) is 0 Å². The van der Waals surface area contributed by atoms with Crippen molar-refractivity contribution in [1.29, 1.82) is 0 Å². The van der Waals surface area contributed by atoms with Gasteiger partial charge in [-0.05, 0) is 54.8 Å². The van der Waals surface area contributed by atoms with Gasteiger partial charge in [0.2, 0.25) is 0 Å². The Labute approximate surface area is 155 Å². The molecule has 26 heavy (non-hydrogen) atoms. The van der Waals surface area contributed by atoms with Gasteiger partial charge in [-0.15, -0.1) is 0 Å². The minimum atomic E-state index is -0.734. The van der Waals surface area contributed by atoms with Crippen LogP contribution in [0, 0.1) is 0 Å². The molecule has 5 heteroatoms. The van der Waals surface area contributed by atoms with Crippen LogP contribution in [0.25, 0.3) is 0 Å². The Balaban J connectivity index is 1.99. The molecule has 0 unspecified atom stereocenters. The quantitative estimate of drug-likeness (QED) is 0.617. The Kier molecular flexibility index (Phi) is 7.96. The molecule has 0 aliphatic heterocycles. The first-order valence-electron chi connectivity index (χ1n) is 8.80. The molecule has 0 saturated carbocycles. The summed E-state index contributed by atoms with van der Waals surface area (Å²) >= 11 is 0. The molecule has 0 spiro atoms. The Morgan fingerprint density at radius 1 is 0.846 bits per heavy atom. The molecule has 0 aliphatic carbocycles. The minimum Gasteiger partial charge on any atom is -0.497 e. The van der Waals surface area contributed by atoms with E-state index in [1.165, 1.54) is 11.1 Å². The number of nitrogens with zero attached hydrogens (tertiary/aromatic N) is 1. The first kappa shape index (κ1) is 19.8. The molecule has 2 aromatic carbocycles. The zero-order valence-corrected chi connectivity index (χ0v) is 15.5. The molecule has 2 rings (SSSR count). The number of hydrogen-bond acceptors (Lipinski definition) is 4. The van der Waals surface area contributed by atoms with E-state index in [9.17, 15) is 4.79 Å². The van der Waals surface area contributed by atoms with E-state index in [-0.39, 0.29) is 6.42 Å². The maximum Gasteiger partial charge on any atom is 0.303 e. The SMILES string of the molecule is COc1ccc(CN(CCCCC(=O)O)Cc2ccc(OC)cc2)cc1. The third kappa shape index (κ3) is 6.76. The lowest BCUT2D eigenvalue weighted by Gasteiger charge is -2.23. The lowest BCUT2D eigenvalue weighted by atomic mass is 10.1. The van der Waals surface area contributed by atoms with E-state index in [4.69, 9.17) is 14.6 Å². The topological polar surface area (TPSA) is 59.0 Å². The Hall–Kier alpha value is -2.53. The molecule has 0 amide bonds. The van der Waals surface area contributed by atoms with Crippen LogP contribution < -0.4 is 9.47 Å². The highest BCUT2D eigenvalue weighted by molar-refractivity contribution is 5.66. The number of unbranched alkanes of at least 4 members (excludes halogenated alkanes) is 1. The number of carboxylic acid groups (broad SMARTS) is 1. The van der Waals surface area contributed by atoms with Gasteiger partial charge in [-0.25, -0.2) is 0 Å². The number of rotatable bonds is 11. The summed E-state index contributed by atoms with van der Waals surface area (Å²) in [6.45, 7) is 2.47. The van der Waals surface area contributed by atoms with Crippen molar-refractivity contribution in [3.05, 3.63) is 59.7 Å². The minimum absolute atomic E-state index is 0.221. The maximum atomic E-state index is 10.7. The van der Waals surface area contributed by atoms with Gasteiger partial charge in [0, 0.05) is 19.5 Å². The van der Waals surface area contributed by atoms with Crippen molar-refractivity contribution in [2.24, 2.45) is 0 Å². The van der Waals surface area contributed by atoms with E-state index in [0.29, 0.717) is 6.42 Å². The number of ether oxygens (including phenoxy) is 2. The van der Waals surface area contributed by atoms with Gasteiger partial charge < -0.3 is 14.6 Å². The molecule has 2 aromatic rings. The molecule has 0 atom stereocenters. The van der Waals surface area contributed by atoms with Crippen molar-refractivity contribution in [3.63, 3.8) is 0 Å². The first-order chi connectivity index (χ1) is 12.6. The predicted octanol–water partition coefficient (Wildman–Crippen LogP) is 3.96. The van der Waals surface area contributed by atoms with Crippen molar-refractivity contribution in [3.8, 4) is 11.5 Å². The van der Waals surface area contributed by atoms with E-state index >= 15 is 0 Å². The van der Waals surface area contributed by atoms with E-state index in [1.807, 2.05) is 24.3 Å². The highest BCUT2D eigenvalue weighted by Crippen LogP contribution is 2.17. The van der Waals surface area contributed by atoms with E-state index < -0.39 is 5.97 Å². The average molecular weight is 357 g/mol. The largest absolute Gasteiger partial charge is 0.497 e. The third-order valence-corrected chi connectivity index (χ3v) is 4.25. The number of aliphatic carboxylic acids is 1. The zero-order chi connectivity index (χ0) is 18.8. The van der Waals surface area contributed by atoms with Crippen molar-refractivity contribution < 1.29 is 19.4 Å². The van der Waals surface area contributed by atoms with Crippen LogP contribution in [0.3, 0.4) is 0 Å². The second-order valence-corrected chi connectivity index (χ2v) is 6.26. The number of methoxy groups -OCH3 is 2. The molecule has 0 aliphatic rings. The van der Waals surface area contributed by atoms with Crippen LogP contribution in [-0.2, 0) is 17.9 Å². The normalized spacial score (nSPS) is 10.7. The molecule has 140 valence electrons. The molecule has 0 aromatic heterocycles. The van der Waals surface area contributed by atoms with Crippen LogP contribution in [0.2, 0.25) is 0 Å². The summed E-state index contributed by atoms with van der Waals surface area (Å²) in [4.78, 5) is 13.0. The smallest absolute Gasteiger partial charge is 0.303 e. The second-order valence-electron chi connectivity index (χ2n) is 6.26. The Morgan fingerprint density at radius 3 is 1.69 bits per heavy atom. The first-order valence-corrected chi connectivity index (χ1v) is 8.80. The second kappa shape index (κ2) is 10.5. The molecule has 0 fully saturated rings.